The van der Waals surface area contributed by atoms with Gasteiger partial charge in [0.2, 0.25) is 0 Å². The minimum absolute atomic E-state index is 0.457. The Morgan fingerprint density at radius 2 is 2.08 bits per heavy atom. The van der Waals surface area contributed by atoms with E-state index in [0.29, 0.717) is 12.5 Å². The van der Waals surface area contributed by atoms with Gasteiger partial charge < -0.3 is 9.47 Å². The first-order valence-corrected chi connectivity index (χ1v) is 4.33. The maximum atomic E-state index is 5.48. The summed E-state index contributed by atoms with van der Waals surface area (Å²) < 4.78 is 10.6. The molecule has 0 amide bonds. The molecule has 72 valence electrons. The van der Waals surface area contributed by atoms with Crippen molar-refractivity contribution >= 4 is 0 Å². The van der Waals surface area contributed by atoms with Crippen LogP contribution in [0.4, 0.5) is 0 Å². The van der Waals surface area contributed by atoms with Crippen LogP contribution in [-0.4, -0.2) is 19.5 Å². The molecule has 0 bridgehead atoms. The molecule has 2 heteroatoms. The van der Waals surface area contributed by atoms with Gasteiger partial charge in [0.15, 0.2) is 5.79 Å². The van der Waals surface area contributed by atoms with Gasteiger partial charge in [0.1, 0.15) is 0 Å². The zero-order valence-electron chi connectivity index (χ0n) is 8.59. The summed E-state index contributed by atoms with van der Waals surface area (Å²) in [7, 11) is 1.65. The molecular weight excluding hydrogens is 152 g/mol. The molecule has 0 aliphatic heterocycles. The van der Waals surface area contributed by atoms with Crippen molar-refractivity contribution in [2.45, 2.75) is 33.0 Å². The average molecular weight is 172 g/mol. The molecule has 0 radical (unpaired) electrons. The molecule has 1 unspecified atom stereocenters. The third-order valence-electron chi connectivity index (χ3n) is 1.92. The van der Waals surface area contributed by atoms with Gasteiger partial charge in [0.05, 0.1) is 6.61 Å². The van der Waals surface area contributed by atoms with Crippen LogP contribution < -0.4 is 0 Å². The van der Waals surface area contributed by atoms with E-state index >= 15 is 0 Å². The van der Waals surface area contributed by atoms with Gasteiger partial charge in [-0.15, -0.1) is 6.58 Å². The topological polar surface area (TPSA) is 18.5 Å². The SMILES string of the molecule is C=CC(C)CCOC(C)(C)OC. The fourth-order valence-electron chi connectivity index (χ4n) is 0.667. The number of hydrogen-bond donors (Lipinski definition) is 0. The number of rotatable bonds is 6. The molecule has 0 rings (SSSR count). The first kappa shape index (κ1) is 11.7. The van der Waals surface area contributed by atoms with E-state index in [9.17, 15) is 0 Å². The maximum absolute atomic E-state index is 5.48. The van der Waals surface area contributed by atoms with E-state index in [1.165, 1.54) is 0 Å². The number of ether oxygens (including phenoxy) is 2. The zero-order chi connectivity index (χ0) is 9.61. The monoisotopic (exact) mass is 172 g/mol. The van der Waals surface area contributed by atoms with Crippen molar-refractivity contribution in [1.29, 1.82) is 0 Å². The number of allylic oxidation sites excluding steroid dienone is 1. The van der Waals surface area contributed by atoms with Crippen LogP contribution >= 0.6 is 0 Å². The van der Waals surface area contributed by atoms with Crippen LogP contribution in [0.5, 0.6) is 0 Å². The van der Waals surface area contributed by atoms with Crippen LogP contribution in [-0.2, 0) is 9.47 Å². The smallest absolute Gasteiger partial charge is 0.162 e. The highest BCUT2D eigenvalue weighted by atomic mass is 16.7. The van der Waals surface area contributed by atoms with E-state index in [1.54, 1.807) is 7.11 Å². The van der Waals surface area contributed by atoms with Crippen LogP contribution in [0.15, 0.2) is 12.7 Å². The lowest BCUT2D eigenvalue weighted by atomic mass is 10.1. The highest BCUT2D eigenvalue weighted by Gasteiger charge is 2.15. The van der Waals surface area contributed by atoms with Crippen molar-refractivity contribution in [3.05, 3.63) is 12.7 Å². The fourth-order valence-corrected chi connectivity index (χ4v) is 0.667. The van der Waals surface area contributed by atoms with Crippen LogP contribution in [0.3, 0.4) is 0 Å². The molecule has 2 nitrogen and oxygen atoms in total. The quantitative estimate of drug-likeness (QED) is 0.453. The summed E-state index contributed by atoms with van der Waals surface area (Å²) >= 11 is 0. The van der Waals surface area contributed by atoms with Crippen molar-refractivity contribution < 1.29 is 9.47 Å². The Bertz CT molecular complexity index is 130. The van der Waals surface area contributed by atoms with Crippen molar-refractivity contribution in [1.82, 2.24) is 0 Å². The molecule has 12 heavy (non-hydrogen) atoms. The third-order valence-corrected chi connectivity index (χ3v) is 1.92. The molecule has 0 heterocycles. The largest absolute Gasteiger partial charge is 0.354 e. The van der Waals surface area contributed by atoms with E-state index < -0.39 is 5.79 Å². The highest BCUT2D eigenvalue weighted by Crippen LogP contribution is 2.11. The van der Waals surface area contributed by atoms with E-state index in [0.717, 1.165) is 6.42 Å². The van der Waals surface area contributed by atoms with E-state index in [1.807, 2.05) is 19.9 Å². The third kappa shape index (κ3) is 5.33. The average Bonchev–Trinajstić information content (AvgIpc) is 2.04. The second kappa shape index (κ2) is 5.33. The summed E-state index contributed by atoms with van der Waals surface area (Å²) in [6.07, 6.45) is 2.93. The normalized spacial score (nSPS) is 14.3. The summed E-state index contributed by atoms with van der Waals surface area (Å²) in [6, 6.07) is 0. The Labute approximate surface area is 75.6 Å². The molecular formula is C10H20O2. The standard InChI is InChI=1S/C10H20O2/c1-6-9(2)7-8-12-10(3,4)11-5/h6,9H,1,7-8H2,2-5H3. The lowest BCUT2D eigenvalue weighted by molar-refractivity contribution is -0.198. The first-order valence-electron chi connectivity index (χ1n) is 4.33. The molecule has 0 aromatic heterocycles. The van der Waals surface area contributed by atoms with Crippen LogP contribution in [0.2, 0.25) is 0 Å². The number of hydrogen-bond acceptors (Lipinski definition) is 2. The van der Waals surface area contributed by atoms with Crippen molar-refractivity contribution in [2.75, 3.05) is 13.7 Å². The van der Waals surface area contributed by atoms with E-state index in [2.05, 4.69) is 13.5 Å². The minimum atomic E-state index is -0.457. The van der Waals surface area contributed by atoms with Crippen molar-refractivity contribution in [3.8, 4) is 0 Å². The van der Waals surface area contributed by atoms with Crippen LogP contribution in [0.1, 0.15) is 27.2 Å². The van der Waals surface area contributed by atoms with Gasteiger partial charge in [0.25, 0.3) is 0 Å². The molecule has 0 spiro atoms. The second-order valence-corrected chi connectivity index (χ2v) is 3.45. The summed E-state index contributed by atoms with van der Waals surface area (Å²) in [5.41, 5.74) is 0. The van der Waals surface area contributed by atoms with Gasteiger partial charge in [-0.05, 0) is 26.2 Å². The Balaban J connectivity index is 3.49. The summed E-state index contributed by atoms with van der Waals surface area (Å²) in [6.45, 7) is 10.4. The predicted octanol–water partition coefficient (Wildman–Crippen LogP) is 2.60. The molecule has 0 N–H and O–H groups in total. The molecule has 0 aliphatic rings. The van der Waals surface area contributed by atoms with Crippen molar-refractivity contribution in [2.24, 2.45) is 5.92 Å². The second-order valence-electron chi connectivity index (χ2n) is 3.45. The Kier molecular flexibility index (Phi) is 5.18. The zero-order valence-corrected chi connectivity index (χ0v) is 8.59. The van der Waals surface area contributed by atoms with Gasteiger partial charge in [-0.1, -0.05) is 13.0 Å². The van der Waals surface area contributed by atoms with Gasteiger partial charge in [0, 0.05) is 7.11 Å². The first-order chi connectivity index (χ1) is 5.52. The molecule has 0 saturated carbocycles. The Hall–Kier alpha value is -0.340. The predicted molar refractivity (Wildman–Crippen MR) is 51.0 cm³/mol. The molecule has 0 fully saturated rings. The minimum Gasteiger partial charge on any atom is -0.354 e. The van der Waals surface area contributed by atoms with Crippen LogP contribution in [0, 0.1) is 5.92 Å². The molecule has 1 atom stereocenters. The molecule has 0 aromatic rings. The molecule has 0 aliphatic carbocycles. The van der Waals surface area contributed by atoms with Gasteiger partial charge >= 0.3 is 0 Å². The highest BCUT2D eigenvalue weighted by molar-refractivity contribution is 4.74. The van der Waals surface area contributed by atoms with Gasteiger partial charge in [-0.3, -0.25) is 0 Å². The van der Waals surface area contributed by atoms with Gasteiger partial charge in [-0.25, -0.2) is 0 Å². The lowest BCUT2D eigenvalue weighted by Crippen LogP contribution is -2.27. The summed E-state index contributed by atoms with van der Waals surface area (Å²) in [5, 5.41) is 0. The Morgan fingerprint density at radius 3 is 2.50 bits per heavy atom. The molecule has 0 aromatic carbocycles. The summed E-state index contributed by atoms with van der Waals surface area (Å²) in [5.74, 6) is 0.0543. The number of methoxy groups -OCH3 is 1. The van der Waals surface area contributed by atoms with E-state index in [-0.39, 0.29) is 0 Å². The lowest BCUT2D eigenvalue weighted by Gasteiger charge is -2.23. The summed E-state index contributed by atoms with van der Waals surface area (Å²) in [4.78, 5) is 0. The Morgan fingerprint density at radius 1 is 1.50 bits per heavy atom. The van der Waals surface area contributed by atoms with Crippen LogP contribution in [0.25, 0.3) is 0 Å². The van der Waals surface area contributed by atoms with Crippen molar-refractivity contribution in [3.63, 3.8) is 0 Å². The molecule has 0 saturated heterocycles. The fraction of sp³-hybridized carbons (Fsp3) is 0.800. The van der Waals surface area contributed by atoms with Gasteiger partial charge in [-0.2, -0.15) is 0 Å². The maximum Gasteiger partial charge on any atom is 0.162 e. The van der Waals surface area contributed by atoms with E-state index in [4.69, 9.17) is 9.47 Å².